The van der Waals surface area contributed by atoms with E-state index in [1.807, 2.05) is 0 Å². The van der Waals surface area contributed by atoms with Crippen LogP contribution in [0.3, 0.4) is 0 Å². The molecule has 16 heavy (non-hydrogen) atoms. The lowest BCUT2D eigenvalue weighted by molar-refractivity contribution is -0.134. The SMILES string of the molecule is CC(=O)CC(=O)N(C)Cc1cccc(F)c1. The van der Waals surface area contributed by atoms with Gasteiger partial charge in [-0.3, -0.25) is 9.59 Å². The molecular weight excluding hydrogens is 209 g/mol. The second-order valence-electron chi connectivity index (χ2n) is 3.76. The average molecular weight is 223 g/mol. The van der Waals surface area contributed by atoms with Crippen molar-refractivity contribution in [1.29, 1.82) is 0 Å². The Balaban J connectivity index is 2.60. The summed E-state index contributed by atoms with van der Waals surface area (Å²) in [6.45, 7) is 1.68. The fourth-order valence-electron chi connectivity index (χ4n) is 1.35. The van der Waals surface area contributed by atoms with Crippen molar-refractivity contribution in [3.05, 3.63) is 35.6 Å². The first kappa shape index (κ1) is 12.4. The third kappa shape index (κ3) is 3.81. The molecule has 0 heterocycles. The number of benzene rings is 1. The Hall–Kier alpha value is -1.71. The third-order valence-corrected chi connectivity index (χ3v) is 2.13. The summed E-state index contributed by atoms with van der Waals surface area (Å²) in [6, 6.07) is 6.05. The number of rotatable bonds is 4. The Kier molecular flexibility index (Phi) is 4.17. The van der Waals surface area contributed by atoms with Crippen LogP contribution < -0.4 is 0 Å². The van der Waals surface area contributed by atoms with Gasteiger partial charge in [-0.25, -0.2) is 4.39 Å². The first-order valence-corrected chi connectivity index (χ1v) is 4.97. The summed E-state index contributed by atoms with van der Waals surface area (Å²) in [6.07, 6.45) is -0.105. The van der Waals surface area contributed by atoms with Crippen LogP contribution in [-0.2, 0) is 16.1 Å². The van der Waals surface area contributed by atoms with Crippen molar-refractivity contribution in [2.75, 3.05) is 7.05 Å². The number of halogens is 1. The zero-order valence-electron chi connectivity index (χ0n) is 9.37. The van der Waals surface area contributed by atoms with E-state index in [9.17, 15) is 14.0 Å². The number of nitrogens with zero attached hydrogens (tertiary/aromatic N) is 1. The van der Waals surface area contributed by atoms with Crippen LogP contribution >= 0.6 is 0 Å². The zero-order valence-corrected chi connectivity index (χ0v) is 9.37. The summed E-state index contributed by atoms with van der Waals surface area (Å²) in [7, 11) is 1.59. The molecule has 0 aliphatic heterocycles. The highest BCUT2D eigenvalue weighted by Gasteiger charge is 2.11. The standard InChI is InChI=1S/C12H14FNO2/c1-9(15)6-12(16)14(2)8-10-4-3-5-11(13)7-10/h3-5,7H,6,8H2,1-2H3. The van der Waals surface area contributed by atoms with E-state index in [1.54, 1.807) is 19.2 Å². The number of hydrogen-bond acceptors (Lipinski definition) is 2. The molecule has 0 radical (unpaired) electrons. The van der Waals surface area contributed by atoms with E-state index in [1.165, 1.54) is 24.0 Å². The molecule has 3 nitrogen and oxygen atoms in total. The minimum atomic E-state index is -0.329. The number of Topliss-reactive ketones (excluding diaryl/α,β-unsaturated/α-hetero) is 1. The molecule has 1 aromatic carbocycles. The summed E-state index contributed by atoms with van der Waals surface area (Å²) in [5.74, 6) is -0.752. The Bertz CT molecular complexity index is 404. The van der Waals surface area contributed by atoms with Gasteiger partial charge in [0.25, 0.3) is 0 Å². The van der Waals surface area contributed by atoms with Crippen molar-refractivity contribution in [2.24, 2.45) is 0 Å². The van der Waals surface area contributed by atoms with Gasteiger partial charge >= 0.3 is 0 Å². The molecule has 4 heteroatoms. The van der Waals surface area contributed by atoms with Gasteiger partial charge in [-0.15, -0.1) is 0 Å². The highest BCUT2D eigenvalue weighted by Crippen LogP contribution is 2.07. The Morgan fingerprint density at radius 1 is 1.38 bits per heavy atom. The van der Waals surface area contributed by atoms with Crippen LogP contribution in [-0.4, -0.2) is 23.6 Å². The van der Waals surface area contributed by atoms with Crippen molar-refractivity contribution in [3.8, 4) is 0 Å². The van der Waals surface area contributed by atoms with Gasteiger partial charge in [0.15, 0.2) is 0 Å². The van der Waals surface area contributed by atoms with Gasteiger partial charge in [-0.05, 0) is 24.6 Å². The number of carbonyl (C=O) groups is 2. The van der Waals surface area contributed by atoms with E-state index in [2.05, 4.69) is 0 Å². The Morgan fingerprint density at radius 3 is 2.62 bits per heavy atom. The van der Waals surface area contributed by atoms with Crippen LogP contribution in [0.25, 0.3) is 0 Å². The molecule has 0 saturated carbocycles. The molecule has 0 aliphatic carbocycles. The third-order valence-electron chi connectivity index (χ3n) is 2.13. The molecule has 0 saturated heterocycles. The van der Waals surface area contributed by atoms with E-state index in [4.69, 9.17) is 0 Å². The zero-order chi connectivity index (χ0) is 12.1. The second-order valence-corrected chi connectivity index (χ2v) is 3.76. The molecule has 0 unspecified atom stereocenters. The number of amides is 1. The monoisotopic (exact) mass is 223 g/mol. The van der Waals surface area contributed by atoms with Gasteiger partial charge in [-0.2, -0.15) is 0 Å². The molecule has 0 atom stereocenters. The largest absolute Gasteiger partial charge is 0.341 e. The number of ketones is 1. The molecule has 86 valence electrons. The maximum atomic E-state index is 12.9. The number of carbonyl (C=O) groups excluding carboxylic acids is 2. The molecule has 0 aromatic heterocycles. The van der Waals surface area contributed by atoms with Crippen LogP contribution in [0.15, 0.2) is 24.3 Å². The van der Waals surface area contributed by atoms with Crippen molar-refractivity contribution < 1.29 is 14.0 Å². The van der Waals surface area contributed by atoms with Crippen LogP contribution in [0, 0.1) is 5.82 Å². The Labute approximate surface area is 93.9 Å². The fraction of sp³-hybridized carbons (Fsp3) is 0.333. The van der Waals surface area contributed by atoms with Crippen molar-refractivity contribution in [3.63, 3.8) is 0 Å². The first-order chi connectivity index (χ1) is 7.49. The van der Waals surface area contributed by atoms with Gasteiger partial charge < -0.3 is 4.90 Å². The fourth-order valence-corrected chi connectivity index (χ4v) is 1.35. The topological polar surface area (TPSA) is 37.4 Å². The van der Waals surface area contributed by atoms with Crippen LogP contribution in [0.2, 0.25) is 0 Å². The summed E-state index contributed by atoms with van der Waals surface area (Å²) < 4.78 is 12.9. The summed E-state index contributed by atoms with van der Waals surface area (Å²) in [5, 5.41) is 0. The summed E-state index contributed by atoms with van der Waals surface area (Å²) >= 11 is 0. The molecule has 1 aromatic rings. The van der Waals surface area contributed by atoms with E-state index >= 15 is 0 Å². The van der Waals surface area contributed by atoms with Gasteiger partial charge in [0.05, 0.1) is 6.42 Å². The molecule has 1 amide bonds. The van der Waals surface area contributed by atoms with Crippen molar-refractivity contribution in [1.82, 2.24) is 4.90 Å². The summed E-state index contributed by atoms with van der Waals surface area (Å²) in [5.41, 5.74) is 0.708. The van der Waals surface area contributed by atoms with Crippen LogP contribution in [0.4, 0.5) is 4.39 Å². The molecule has 0 spiro atoms. The normalized spacial score (nSPS) is 9.94. The van der Waals surface area contributed by atoms with E-state index in [-0.39, 0.29) is 23.9 Å². The lowest BCUT2D eigenvalue weighted by Crippen LogP contribution is -2.27. The second kappa shape index (κ2) is 5.39. The maximum Gasteiger partial charge on any atom is 0.230 e. The maximum absolute atomic E-state index is 12.9. The van der Waals surface area contributed by atoms with E-state index < -0.39 is 0 Å². The van der Waals surface area contributed by atoms with E-state index in [0.29, 0.717) is 12.1 Å². The van der Waals surface area contributed by atoms with Crippen LogP contribution in [0.1, 0.15) is 18.9 Å². The van der Waals surface area contributed by atoms with Gasteiger partial charge in [0, 0.05) is 13.6 Å². The predicted octanol–water partition coefficient (Wildman–Crippen LogP) is 1.76. The lowest BCUT2D eigenvalue weighted by Gasteiger charge is -2.16. The molecule has 0 N–H and O–H groups in total. The van der Waals surface area contributed by atoms with E-state index in [0.717, 1.165) is 0 Å². The van der Waals surface area contributed by atoms with Gasteiger partial charge in [0.1, 0.15) is 11.6 Å². The molecular formula is C12H14FNO2. The number of hydrogen-bond donors (Lipinski definition) is 0. The molecule has 0 bridgehead atoms. The Morgan fingerprint density at radius 2 is 2.06 bits per heavy atom. The van der Waals surface area contributed by atoms with Crippen molar-refractivity contribution >= 4 is 11.7 Å². The quantitative estimate of drug-likeness (QED) is 0.729. The highest BCUT2D eigenvalue weighted by atomic mass is 19.1. The van der Waals surface area contributed by atoms with Crippen molar-refractivity contribution in [2.45, 2.75) is 19.9 Å². The lowest BCUT2D eigenvalue weighted by atomic mass is 10.2. The summed E-state index contributed by atoms with van der Waals surface area (Å²) in [4.78, 5) is 23.6. The highest BCUT2D eigenvalue weighted by molar-refractivity contribution is 5.96. The predicted molar refractivity (Wildman–Crippen MR) is 58.2 cm³/mol. The minimum absolute atomic E-state index is 0.105. The molecule has 1 rings (SSSR count). The first-order valence-electron chi connectivity index (χ1n) is 4.97. The molecule has 0 aliphatic rings. The smallest absolute Gasteiger partial charge is 0.230 e. The molecule has 0 fully saturated rings. The van der Waals surface area contributed by atoms with Gasteiger partial charge in [0.2, 0.25) is 5.91 Å². The van der Waals surface area contributed by atoms with Gasteiger partial charge in [-0.1, -0.05) is 12.1 Å². The minimum Gasteiger partial charge on any atom is -0.341 e. The average Bonchev–Trinajstić information content (AvgIpc) is 2.16. The van der Waals surface area contributed by atoms with Crippen LogP contribution in [0.5, 0.6) is 0 Å².